The van der Waals surface area contributed by atoms with Crippen LogP contribution < -0.4 is 5.32 Å². The zero-order valence-corrected chi connectivity index (χ0v) is 14.7. The number of hydrogen-bond acceptors (Lipinski definition) is 4. The maximum atomic E-state index is 12.2. The molecule has 6 heteroatoms. The van der Waals surface area contributed by atoms with E-state index in [0.29, 0.717) is 12.6 Å². The Balaban J connectivity index is 1.57. The lowest BCUT2D eigenvalue weighted by atomic mass is 10.1. The van der Waals surface area contributed by atoms with E-state index in [4.69, 9.17) is 0 Å². The Labute approximate surface area is 143 Å². The molecule has 130 valence electrons. The van der Waals surface area contributed by atoms with Crippen molar-refractivity contribution in [2.75, 3.05) is 19.6 Å². The predicted octanol–water partition coefficient (Wildman–Crippen LogP) is 2.25. The van der Waals surface area contributed by atoms with E-state index in [9.17, 15) is 9.59 Å². The van der Waals surface area contributed by atoms with Gasteiger partial charge in [-0.25, -0.2) is 4.79 Å². The molecule has 0 bridgehead atoms. The van der Waals surface area contributed by atoms with E-state index in [-0.39, 0.29) is 11.9 Å². The minimum atomic E-state index is -0.779. The third-order valence-corrected chi connectivity index (χ3v) is 4.89. The molecule has 3 heterocycles. The van der Waals surface area contributed by atoms with Crippen LogP contribution >= 0.6 is 0 Å². The molecular weight excluding hydrogens is 304 g/mol. The zero-order valence-electron chi connectivity index (χ0n) is 14.7. The van der Waals surface area contributed by atoms with Crippen molar-refractivity contribution in [3.63, 3.8) is 0 Å². The van der Waals surface area contributed by atoms with Crippen molar-refractivity contribution >= 4 is 11.9 Å². The largest absolute Gasteiger partial charge is 0.325 e. The Hall–Kier alpha value is -1.95. The fraction of sp³-hybridized carbons (Fsp3) is 0.611. The number of imide groups is 1. The molecule has 1 aromatic heterocycles. The molecular formula is C18H26N4O2. The Morgan fingerprint density at radius 1 is 1.29 bits per heavy atom. The maximum Gasteiger partial charge on any atom is 0.325 e. The molecule has 1 aromatic rings. The highest BCUT2D eigenvalue weighted by Crippen LogP contribution is 2.31. The van der Waals surface area contributed by atoms with Gasteiger partial charge in [0.05, 0.1) is 11.7 Å². The first-order chi connectivity index (χ1) is 11.4. The molecule has 0 unspecified atom stereocenters. The van der Waals surface area contributed by atoms with E-state index < -0.39 is 5.54 Å². The van der Waals surface area contributed by atoms with Crippen LogP contribution in [0.3, 0.4) is 0 Å². The second-order valence-corrected chi connectivity index (χ2v) is 7.26. The van der Waals surface area contributed by atoms with Gasteiger partial charge in [0.15, 0.2) is 0 Å². The number of nitrogens with zero attached hydrogens (tertiary/aromatic N) is 3. The molecule has 1 N–H and O–H groups in total. The lowest BCUT2D eigenvalue weighted by Gasteiger charge is -2.25. The molecule has 0 spiro atoms. The van der Waals surface area contributed by atoms with E-state index >= 15 is 0 Å². The molecule has 2 saturated heterocycles. The van der Waals surface area contributed by atoms with Crippen LogP contribution in [0.5, 0.6) is 0 Å². The molecule has 0 saturated carbocycles. The SMILES string of the molecule is Cc1cccc([C@@H]2CCCN2CCCN2C(=O)NC(C)(C)C2=O)n1. The first-order valence-corrected chi connectivity index (χ1v) is 8.70. The van der Waals surface area contributed by atoms with Gasteiger partial charge in [-0.05, 0) is 58.7 Å². The highest BCUT2D eigenvalue weighted by molar-refractivity contribution is 6.06. The molecule has 2 aliphatic heterocycles. The summed E-state index contributed by atoms with van der Waals surface area (Å²) in [7, 11) is 0. The highest BCUT2D eigenvalue weighted by Gasteiger charge is 2.43. The van der Waals surface area contributed by atoms with Crippen LogP contribution in [0.4, 0.5) is 4.79 Å². The van der Waals surface area contributed by atoms with Gasteiger partial charge >= 0.3 is 6.03 Å². The van der Waals surface area contributed by atoms with Crippen molar-refractivity contribution < 1.29 is 9.59 Å². The molecule has 1 atom stereocenters. The van der Waals surface area contributed by atoms with Crippen molar-refractivity contribution in [1.82, 2.24) is 20.1 Å². The Kier molecular flexibility index (Phi) is 4.58. The summed E-state index contributed by atoms with van der Waals surface area (Å²) in [5.74, 6) is -0.133. The Morgan fingerprint density at radius 2 is 2.08 bits per heavy atom. The van der Waals surface area contributed by atoms with Crippen molar-refractivity contribution in [1.29, 1.82) is 0 Å². The number of urea groups is 1. The highest BCUT2D eigenvalue weighted by atomic mass is 16.2. The second kappa shape index (κ2) is 6.51. The van der Waals surface area contributed by atoms with Crippen LogP contribution in [0.25, 0.3) is 0 Å². The molecule has 24 heavy (non-hydrogen) atoms. The van der Waals surface area contributed by atoms with Crippen LogP contribution in [-0.4, -0.2) is 51.9 Å². The topological polar surface area (TPSA) is 65.5 Å². The fourth-order valence-corrected chi connectivity index (χ4v) is 3.63. The van der Waals surface area contributed by atoms with E-state index in [1.807, 2.05) is 13.0 Å². The molecule has 2 fully saturated rings. The monoisotopic (exact) mass is 330 g/mol. The number of likely N-dealkylation sites (tertiary alicyclic amines) is 1. The van der Waals surface area contributed by atoms with Gasteiger partial charge in [-0.1, -0.05) is 6.07 Å². The summed E-state index contributed by atoms with van der Waals surface area (Å²) >= 11 is 0. The number of amides is 3. The smallest absolute Gasteiger partial charge is 0.324 e. The molecule has 3 amide bonds. The molecule has 0 radical (unpaired) electrons. The number of rotatable bonds is 5. The summed E-state index contributed by atoms with van der Waals surface area (Å²) in [5.41, 5.74) is 1.39. The summed E-state index contributed by atoms with van der Waals surface area (Å²) < 4.78 is 0. The molecule has 2 aliphatic rings. The lowest BCUT2D eigenvalue weighted by molar-refractivity contribution is -0.130. The normalized spacial score (nSPS) is 23.8. The Morgan fingerprint density at radius 3 is 2.75 bits per heavy atom. The first-order valence-electron chi connectivity index (χ1n) is 8.70. The number of carbonyl (C=O) groups is 2. The van der Waals surface area contributed by atoms with Gasteiger partial charge in [-0.15, -0.1) is 0 Å². The van der Waals surface area contributed by atoms with Crippen molar-refractivity contribution in [2.45, 2.75) is 51.6 Å². The van der Waals surface area contributed by atoms with Crippen LogP contribution in [0, 0.1) is 6.92 Å². The average molecular weight is 330 g/mol. The van der Waals surface area contributed by atoms with Gasteiger partial charge in [-0.3, -0.25) is 19.6 Å². The number of pyridine rings is 1. The minimum absolute atomic E-state index is 0.133. The standard InChI is InChI=1S/C18H26N4O2/c1-13-7-4-8-14(19-13)15-9-5-10-21(15)11-6-12-22-16(23)18(2,3)20-17(22)24/h4,7-8,15H,5-6,9-12H2,1-3H3,(H,20,24)/t15-/m0/s1. The average Bonchev–Trinajstić information content (AvgIpc) is 3.05. The zero-order chi connectivity index (χ0) is 17.3. The molecule has 6 nitrogen and oxygen atoms in total. The van der Waals surface area contributed by atoms with Crippen molar-refractivity contribution in [3.8, 4) is 0 Å². The van der Waals surface area contributed by atoms with E-state index in [2.05, 4.69) is 27.3 Å². The van der Waals surface area contributed by atoms with Crippen LogP contribution in [0.2, 0.25) is 0 Å². The fourth-order valence-electron chi connectivity index (χ4n) is 3.63. The number of carbonyl (C=O) groups excluding carboxylic acids is 2. The van der Waals surface area contributed by atoms with Gasteiger partial charge in [0, 0.05) is 18.8 Å². The predicted molar refractivity (Wildman–Crippen MR) is 91.5 cm³/mol. The van der Waals surface area contributed by atoms with E-state index in [1.165, 1.54) is 4.90 Å². The molecule has 3 rings (SSSR count). The van der Waals surface area contributed by atoms with Gasteiger partial charge in [0.2, 0.25) is 0 Å². The summed E-state index contributed by atoms with van der Waals surface area (Å²) in [6, 6.07) is 6.24. The van der Waals surface area contributed by atoms with Gasteiger partial charge in [0.1, 0.15) is 5.54 Å². The maximum absolute atomic E-state index is 12.2. The second-order valence-electron chi connectivity index (χ2n) is 7.26. The third-order valence-electron chi connectivity index (χ3n) is 4.89. The summed E-state index contributed by atoms with van der Waals surface area (Å²) in [6.45, 7) is 7.89. The minimum Gasteiger partial charge on any atom is -0.324 e. The number of aromatic nitrogens is 1. The quantitative estimate of drug-likeness (QED) is 0.841. The summed E-state index contributed by atoms with van der Waals surface area (Å²) in [4.78, 5) is 32.6. The van der Waals surface area contributed by atoms with Crippen LogP contribution in [0.1, 0.15) is 50.5 Å². The van der Waals surface area contributed by atoms with Gasteiger partial charge < -0.3 is 5.32 Å². The van der Waals surface area contributed by atoms with Crippen molar-refractivity contribution in [3.05, 3.63) is 29.6 Å². The number of aryl methyl sites for hydroxylation is 1. The van der Waals surface area contributed by atoms with E-state index in [1.54, 1.807) is 13.8 Å². The van der Waals surface area contributed by atoms with E-state index in [0.717, 1.165) is 43.7 Å². The lowest BCUT2D eigenvalue weighted by Crippen LogP contribution is -2.40. The van der Waals surface area contributed by atoms with Crippen LogP contribution in [0.15, 0.2) is 18.2 Å². The summed E-state index contributed by atoms with van der Waals surface area (Å²) in [5, 5.41) is 2.73. The van der Waals surface area contributed by atoms with Crippen molar-refractivity contribution in [2.24, 2.45) is 0 Å². The van der Waals surface area contributed by atoms with Crippen LogP contribution in [-0.2, 0) is 4.79 Å². The number of hydrogen-bond donors (Lipinski definition) is 1. The molecule has 0 aliphatic carbocycles. The number of nitrogens with one attached hydrogen (secondary N) is 1. The third kappa shape index (κ3) is 3.29. The summed E-state index contributed by atoms with van der Waals surface area (Å²) in [6.07, 6.45) is 3.07. The molecule has 0 aromatic carbocycles. The Bertz CT molecular complexity index is 644. The van der Waals surface area contributed by atoms with Gasteiger partial charge in [0.25, 0.3) is 5.91 Å². The van der Waals surface area contributed by atoms with Gasteiger partial charge in [-0.2, -0.15) is 0 Å². The first kappa shape index (κ1) is 16.9.